The summed E-state index contributed by atoms with van der Waals surface area (Å²) in [4.78, 5) is 13.8. The van der Waals surface area contributed by atoms with E-state index < -0.39 is 36.0 Å². The largest absolute Gasteiger partial charge is 0.394 e. The van der Waals surface area contributed by atoms with Gasteiger partial charge in [-0.3, -0.25) is 0 Å². The number of ether oxygens (including phenoxy) is 1. The highest BCUT2D eigenvalue weighted by Crippen LogP contribution is 2.41. The number of nitrogens with zero attached hydrogens (tertiary/aromatic N) is 6. The first kappa shape index (κ1) is 25.1. The van der Waals surface area contributed by atoms with Crippen LogP contribution in [0.5, 0.6) is 0 Å². The van der Waals surface area contributed by atoms with Crippen molar-refractivity contribution in [2.24, 2.45) is 4.99 Å². The van der Waals surface area contributed by atoms with Crippen LogP contribution in [-0.4, -0.2) is 83.3 Å². The summed E-state index contributed by atoms with van der Waals surface area (Å²) in [7, 11) is 0. The van der Waals surface area contributed by atoms with Gasteiger partial charge in [-0.25, -0.2) is 28.4 Å². The third kappa shape index (κ3) is 4.85. The van der Waals surface area contributed by atoms with E-state index in [0.717, 1.165) is 24.0 Å². The van der Waals surface area contributed by atoms with Gasteiger partial charge in [0.25, 0.3) is 0 Å². The third-order valence-corrected chi connectivity index (χ3v) is 7.36. The van der Waals surface area contributed by atoms with Gasteiger partial charge >= 0.3 is 0 Å². The molecule has 2 heterocycles. The van der Waals surface area contributed by atoms with Crippen molar-refractivity contribution >= 4 is 34.5 Å². The molecule has 0 spiro atoms. The van der Waals surface area contributed by atoms with Crippen molar-refractivity contribution in [2.75, 3.05) is 19.0 Å². The summed E-state index contributed by atoms with van der Waals surface area (Å²) in [5, 5.41) is 39.0. The summed E-state index contributed by atoms with van der Waals surface area (Å²) in [5.41, 5.74) is 2.10. The van der Waals surface area contributed by atoms with E-state index in [9.17, 15) is 19.0 Å². The molecule has 5 atom stereocenters. The molecule has 3 N–H and O–H groups in total. The Morgan fingerprint density at radius 3 is 2.78 bits per heavy atom. The molecule has 2 fully saturated rings. The van der Waals surface area contributed by atoms with E-state index in [1.54, 1.807) is 6.07 Å². The van der Waals surface area contributed by atoms with Gasteiger partial charge in [-0.1, -0.05) is 30.0 Å². The third-order valence-electron chi connectivity index (χ3n) is 6.31. The molecule has 0 radical (unpaired) electrons. The number of fused-ring (bicyclic) bond motifs is 1. The molecule has 10 nitrogen and oxygen atoms in total. The van der Waals surface area contributed by atoms with Crippen molar-refractivity contribution in [1.82, 2.24) is 25.0 Å². The lowest BCUT2D eigenvalue weighted by molar-refractivity contribution is -0.0629. The van der Waals surface area contributed by atoms with Crippen LogP contribution < -0.4 is 0 Å². The van der Waals surface area contributed by atoms with Crippen LogP contribution in [0.15, 0.2) is 28.3 Å². The molecule has 5 rings (SSSR count). The van der Waals surface area contributed by atoms with Gasteiger partial charge in [0, 0.05) is 23.8 Å². The van der Waals surface area contributed by atoms with Crippen LogP contribution in [0.2, 0.25) is 0 Å². The zero-order valence-corrected chi connectivity index (χ0v) is 20.3. The van der Waals surface area contributed by atoms with E-state index in [-0.39, 0.29) is 25.6 Å². The first-order chi connectivity index (χ1) is 17.4. The Morgan fingerprint density at radius 1 is 1.19 bits per heavy atom. The fraction of sp³-hybridized carbons (Fsp3) is 0.522. The lowest BCUT2D eigenvalue weighted by Crippen LogP contribution is -2.33. The Hall–Kier alpha value is -2.58. The lowest BCUT2D eigenvalue weighted by atomic mass is 10.1. The second-order valence-corrected chi connectivity index (χ2v) is 9.90. The van der Waals surface area contributed by atoms with E-state index in [1.165, 1.54) is 22.5 Å². The number of aliphatic hydroxyl groups excluding tert-OH is 3. The Labute approximate surface area is 209 Å². The zero-order valence-electron chi connectivity index (χ0n) is 19.5. The van der Waals surface area contributed by atoms with Gasteiger partial charge in [-0.2, -0.15) is 0 Å². The van der Waals surface area contributed by atoms with Crippen molar-refractivity contribution in [3.63, 3.8) is 0 Å². The molecule has 0 bridgehead atoms. The van der Waals surface area contributed by atoms with Gasteiger partial charge in [0.05, 0.1) is 25.4 Å². The van der Waals surface area contributed by atoms with Crippen LogP contribution in [0.4, 0.5) is 14.6 Å². The monoisotopic (exact) mass is 520 g/mol. The highest BCUT2D eigenvalue weighted by molar-refractivity contribution is 7.99. The smallest absolute Gasteiger partial charge is 0.191 e. The normalized spacial score (nSPS) is 26.8. The van der Waals surface area contributed by atoms with Crippen LogP contribution >= 0.6 is 11.8 Å². The maximum atomic E-state index is 13.7. The van der Waals surface area contributed by atoms with Gasteiger partial charge in [0.15, 0.2) is 33.8 Å². The Bertz CT molecular complexity index is 1290. The Balaban J connectivity index is 1.48. The van der Waals surface area contributed by atoms with Crippen molar-refractivity contribution in [3.05, 3.63) is 35.4 Å². The van der Waals surface area contributed by atoms with Gasteiger partial charge in [-0.05, 0) is 30.5 Å². The van der Waals surface area contributed by atoms with E-state index in [4.69, 9.17) is 9.84 Å². The molecule has 3 aromatic rings. The predicted octanol–water partition coefficient (Wildman–Crippen LogP) is 2.31. The number of halogens is 2. The minimum Gasteiger partial charge on any atom is -0.394 e. The van der Waals surface area contributed by atoms with Gasteiger partial charge in [-0.15, -0.1) is 5.10 Å². The molecular formula is C23H26F2N6O4S. The SMILES string of the molecule is CCCSc1nc(N=C2CC2c2ccc(F)c(F)c2)c2nnn(C3CC(OCCO)C(O)C3O)c2n1. The molecule has 2 saturated carbocycles. The standard InChI is InChI=1S/C23H26F2N6O4S/c1-2-7-36-23-27-21(26-15-9-12(15)11-3-4-13(24)14(25)8-11)18-22(28-23)31(30-29-18)16-10-17(35-6-5-32)20(34)19(16)33/h3-4,8,12,16-17,19-20,32-34H,2,5-7,9-10H2,1H3. The molecule has 2 aromatic heterocycles. The fourth-order valence-electron chi connectivity index (χ4n) is 4.38. The van der Waals surface area contributed by atoms with Crippen molar-refractivity contribution in [2.45, 2.75) is 61.6 Å². The fourth-order valence-corrected chi connectivity index (χ4v) is 5.07. The van der Waals surface area contributed by atoms with E-state index in [2.05, 4.69) is 25.3 Å². The lowest BCUT2D eigenvalue weighted by Gasteiger charge is -2.17. The summed E-state index contributed by atoms with van der Waals surface area (Å²) < 4.78 is 33.9. The van der Waals surface area contributed by atoms with Crippen LogP contribution in [0.25, 0.3) is 11.2 Å². The molecular weight excluding hydrogens is 494 g/mol. The number of aromatic nitrogens is 5. The molecule has 2 aliphatic carbocycles. The quantitative estimate of drug-likeness (QED) is 0.286. The van der Waals surface area contributed by atoms with E-state index in [1.807, 2.05) is 6.92 Å². The van der Waals surface area contributed by atoms with Crippen molar-refractivity contribution in [1.29, 1.82) is 0 Å². The number of thioether (sulfide) groups is 1. The van der Waals surface area contributed by atoms with Crippen molar-refractivity contribution < 1.29 is 28.8 Å². The first-order valence-corrected chi connectivity index (χ1v) is 12.8. The molecule has 5 unspecified atom stereocenters. The second-order valence-electron chi connectivity index (χ2n) is 8.83. The van der Waals surface area contributed by atoms with Crippen LogP contribution in [0.3, 0.4) is 0 Å². The predicted molar refractivity (Wildman–Crippen MR) is 127 cm³/mol. The second kappa shape index (κ2) is 10.4. The molecule has 1 aromatic carbocycles. The van der Waals surface area contributed by atoms with Gasteiger partial charge in [0.2, 0.25) is 0 Å². The Morgan fingerprint density at radius 2 is 2.03 bits per heavy atom. The summed E-state index contributed by atoms with van der Waals surface area (Å²) in [6.07, 6.45) is -1.25. The molecule has 13 heteroatoms. The van der Waals surface area contributed by atoms with Gasteiger partial charge < -0.3 is 20.1 Å². The number of aliphatic imine (C=N–C) groups is 1. The van der Waals surface area contributed by atoms with Crippen LogP contribution in [0.1, 0.15) is 43.7 Å². The number of benzene rings is 1. The highest BCUT2D eigenvalue weighted by atomic mass is 32.2. The minimum atomic E-state index is -1.17. The maximum Gasteiger partial charge on any atom is 0.191 e. The molecule has 36 heavy (non-hydrogen) atoms. The first-order valence-electron chi connectivity index (χ1n) is 11.8. The Kier molecular flexibility index (Phi) is 7.26. The zero-order chi connectivity index (χ0) is 25.4. The summed E-state index contributed by atoms with van der Waals surface area (Å²) in [6.45, 7) is 1.88. The molecule has 0 aliphatic heterocycles. The molecule has 2 aliphatic rings. The number of hydrogen-bond donors (Lipinski definition) is 3. The average molecular weight is 521 g/mol. The number of hydrogen-bond acceptors (Lipinski definition) is 10. The average Bonchev–Trinajstić information content (AvgIpc) is 3.41. The van der Waals surface area contributed by atoms with Crippen molar-refractivity contribution in [3.8, 4) is 0 Å². The van der Waals surface area contributed by atoms with Crippen LogP contribution in [0, 0.1) is 11.6 Å². The molecule has 0 saturated heterocycles. The summed E-state index contributed by atoms with van der Waals surface area (Å²) in [6, 6.07) is 3.18. The number of aliphatic hydroxyl groups is 3. The number of rotatable bonds is 9. The van der Waals surface area contributed by atoms with Crippen LogP contribution in [-0.2, 0) is 4.74 Å². The highest BCUT2D eigenvalue weighted by Gasteiger charge is 2.44. The van der Waals surface area contributed by atoms with Gasteiger partial charge in [0.1, 0.15) is 12.2 Å². The minimum absolute atomic E-state index is 0.0417. The summed E-state index contributed by atoms with van der Waals surface area (Å²) in [5.74, 6) is -0.840. The molecule has 192 valence electrons. The van der Waals surface area contributed by atoms with E-state index >= 15 is 0 Å². The maximum absolute atomic E-state index is 13.7. The summed E-state index contributed by atoms with van der Waals surface area (Å²) >= 11 is 1.45. The van der Waals surface area contributed by atoms with E-state index in [0.29, 0.717) is 34.1 Å². The molecule has 0 amide bonds. The topological polar surface area (TPSA) is 139 Å².